The van der Waals surface area contributed by atoms with Crippen LogP contribution < -0.4 is 5.32 Å². The van der Waals surface area contributed by atoms with Crippen molar-refractivity contribution in [2.75, 3.05) is 13.1 Å². The van der Waals surface area contributed by atoms with Crippen LogP contribution in [0.15, 0.2) is 30.3 Å². The number of carbonyl (C=O) groups is 1. The summed E-state index contributed by atoms with van der Waals surface area (Å²) in [5.74, 6) is 1.65. The highest BCUT2D eigenvalue weighted by molar-refractivity contribution is 5.85. The van der Waals surface area contributed by atoms with Crippen LogP contribution in [0.1, 0.15) is 44.6 Å². The third-order valence-corrected chi connectivity index (χ3v) is 5.23. The van der Waals surface area contributed by atoms with Crippen molar-refractivity contribution in [3.8, 4) is 0 Å². The maximum atomic E-state index is 12.9. The maximum absolute atomic E-state index is 12.9. The second kappa shape index (κ2) is 8.70. The molecular formula is C19H29ClN2O. The van der Waals surface area contributed by atoms with Gasteiger partial charge in [0.2, 0.25) is 5.91 Å². The molecule has 0 bridgehead atoms. The highest BCUT2D eigenvalue weighted by Gasteiger charge is 2.34. The lowest BCUT2D eigenvalue weighted by Gasteiger charge is -2.32. The molecular weight excluding hydrogens is 308 g/mol. The van der Waals surface area contributed by atoms with Crippen molar-refractivity contribution in [1.82, 2.24) is 10.2 Å². The van der Waals surface area contributed by atoms with E-state index in [0.717, 1.165) is 44.8 Å². The number of nitrogens with zero attached hydrogens (tertiary/aromatic N) is 1. The van der Waals surface area contributed by atoms with Crippen LogP contribution in [-0.2, 0) is 11.3 Å². The molecule has 2 aliphatic rings. The maximum Gasteiger partial charge on any atom is 0.223 e. The van der Waals surface area contributed by atoms with Gasteiger partial charge < -0.3 is 10.2 Å². The smallest absolute Gasteiger partial charge is 0.223 e. The summed E-state index contributed by atoms with van der Waals surface area (Å²) in [6, 6.07) is 10.8. The highest BCUT2D eigenvalue weighted by Crippen LogP contribution is 2.36. The molecule has 1 saturated carbocycles. The van der Waals surface area contributed by atoms with Crippen molar-refractivity contribution in [2.24, 2.45) is 11.8 Å². The lowest BCUT2D eigenvalue weighted by Crippen LogP contribution is -2.41. The minimum atomic E-state index is 0. The van der Waals surface area contributed by atoms with E-state index in [9.17, 15) is 4.79 Å². The van der Waals surface area contributed by atoms with E-state index in [0.29, 0.717) is 17.9 Å². The first-order valence-corrected chi connectivity index (χ1v) is 8.78. The first kappa shape index (κ1) is 18.3. The lowest BCUT2D eigenvalue weighted by atomic mass is 9.93. The van der Waals surface area contributed by atoms with E-state index in [4.69, 9.17) is 0 Å². The van der Waals surface area contributed by atoms with Crippen LogP contribution in [0, 0.1) is 11.8 Å². The number of hydrogen-bond acceptors (Lipinski definition) is 2. The van der Waals surface area contributed by atoms with Gasteiger partial charge >= 0.3 is 0 Å². The van der Waals surface area contributed by atoms with Crippen molar-refractivity contribution in [3.05, 3.63) is 35.9 Å². The van der Waals surface area contributed by atoms with E-state index in [-0.39, 0.29) is 12.4 Å². The Hall–Kier alpha value is -1.06. The molecule has 1 N–H and O–H groups in total. The predicted octanol–water partition coefficient (Wildman–Crippen LogP) is 3.63. The van der Waals surface area contributed by atoms with Crippen LogP contribution in [0.4, 0.5) is 0 Å². The van der Waals surface area contributed by atoms with Crippen LogP contribution in [0.2, 0.25) is 0 Å². The largest absolute Gasteiger partial charge is 0.335 e. The summed E-state index contributed by atoms with van der Waals surface area (Å²) in [6.07, 6.45) is 5.58. The van der Waals surface area contributed by atoms with Gasteiger partial charge in [0, 0.05) is 19.0 Å². The first-order valence-electron chi connectivity index (χ1n) is 8.78. The Morgan fingerprint density at radius 1 is 1.17 bits per heavy atom. The summed E-state index contributed by atoms with van der Waals surface area (Å²) in [5.41, 5.74) is 1.24. The van der Waals surface area contributed by atoms with Gasteiger partial charge in [0.25, 0.3) is 0 Å². The molecule has 1 saturated heterocycles. The number of benzene rings is 1. The Morgan fingerprint density at radius 2 is 1.83 bits per heavy atom. The van der Waals surface area contributed by atoms with Crippen LogP contribution in [-0.4, -0.2) is 29.9 Å². The molecule has 3 rings (SSSR count). The van der Waals surface area contributed by atoms with Gasteiger partial charge in [-0.05, 0) is 63.1 Å². The molecule has 1 heterocycles. The topological polar surface area (TPSA) is 32.3 Å². The summed E-state index contributed by atoms with van der Waals surface area (Å²) in [5, 5.41) is 3.38. The summed E-state index contributed by atoms with van der Waals surface area (Å²) < 4.78 is 0. The fourth-order valence-corrected chi connectivity index (χ4v) is 3.52. The number of piperidine rings is 1. The Balaban J connectivity index is 0.00000192. The summed E-state index contributed by atoms with van der Waals surface area (Å²) in [6.45, 7) is 5.13. The van der Waals surface area contributed by atoms with E-state index in [1.807, 2.05) is 6.07 Å². The Bertz CT molecular complexity index is 483. The first-order chi connectivity index (χ1) is 10.7. The molecule has 0 radical (unpaired) electrons. The molecule has 1 aliphatic heterocycles. The molecule has 0 aromatic heterocycles. The molecule has 23 heavy (non-hydrogen) atoms. The molecule has 1 unspecified atom stereocenters. The molecule has 2 fully saturated rings. The van der Waals surface area contributed by atoms with Crippen LogP contribution >= 0.6 is 12.4 Å². The third-order valence-electron chi connectivity index (χ3n) is 5.23. The number of rotatable bonds is 6. The third kappa shape index (κ3) is 5.22. The molecule has 1 aromatic carbocycles. The molecule has 3 nitrogen and oxygen atoms in total. The van der Waals surface area contributed by atoms with Gasteiger partial charge in [0.15, 0.2) is 0 Å². The van der Waals surface area contributed by atoms with E-state index in [1.54, 1.807) is 0 Å². The lowest BCUT2D eigenvalue weighted by molar-refractivity contribution is -0.135. The molecule has 1 atom stereocenters. The predicted molar refractivity (Wildman–Crippen MR) is 96.6 cm³/mol. The fourth-order valence-electron chi connectivity index (χ4n) is 3.52. The van der Waals surface area contributed by atoms with Crippen LogP contribution in [0.5, 0.6) is 0 Å². The summed E-state index contributed by atoms with van der Waals surface area (Å²) in [7, 11) is 0. The Kier molecular flexibility index (Phi) is 6.91. The van der Waals surface area contributed by atoms with E-state index in [1.165, 1.54) is 18.4 Å². The quantitative estimate of drug-likeness (QED) is 0.860. The highest BCUT2D eigenvalue weighted by atomic mass is 35.5. The summed E-state index contributed by atoms with van der Waals surface area (Å²) in [4.78, 5) is 15.0. The number of carbonyl (C=O) groups excluding carboxylic acids is 1. The second-order valence-electron chi connectivity index (χ2n) is 6.98. The van der Waals surface area contributed by atoms with Gasteiger partial charge in [-0.1, -0.05) is 30.3 Å². The molecule has 1 aromatic rings. The average Bonchev–Trinajstić information content (AvgIpc) is 3.39. The Morgan fingerprint density at radius 3 is 2.43 bits per heavy atom. The van der Waals surface area contributed by atoms with Crippen molar-refractivity contribution in [3.63, 3.8) is 0 Å². The molecule has 1 amide bonds. The van der Waals surface area contributed by atoms with Crippen molar-refractivity contribution in [2.45, 2.75) is 51.6 Å². The Labute approximate surface area is 146 Å². The van der Waals surface area contributed by atoms with Crippen molar-refractivity contribution >= 4 is 18.3 Å². The van der Waals surface area contributed by atoms with Crippen molar-refractivity contribution in [1.29, 1.82) is 0 Å². The average molecular weight is 337 g/mol. The van der Waals surface area contributed by atoms with Gasteiger partial charge in [-0.3, -0.25) is 4.79 Å². The van der Waals surface area contributed by atoms with Crippen molar-refractivity contribution < 1.29 is 4.79 Å². The van der Waals surface area contributed by atoms with Gasteiger partial charge in [0.1, 0.15) is 0 Å². The molecule has 1 aliphatic carbocycles. The summed E-state index contributed by atoms with van der Waals surface area (Å²) >= 11 is 0. The minimum absolute atomic E-state index is 0. The standard InChI is InChI=1S/C19H28N2O.ClH/c1-15(18-7-8-18)21(14-17-5-3-2-4-6-17)19(22)13-16-9-11-20-12-10-16;/h2-6,15-16,18,20H,7-14H2,1H3;1H. The van der Waals surface area contributed by atoms with Crippen LogP contribution in [0.25, 0.3) is 0 Å². The van der Waals surface area contributed by atoms with Gasteiger partial charge in [-0.2, -0.15) is 0 Å². The number of halogens is 1. The zero-order chi connectivity index (χ0) is 15.4. The molecule has 4 heteroatoms. The van der Waals surface area contributed by atoms with Gasteiger partial charge in [-0.15, -0.1) is 12.4 Å². The molecule has 128 valence electrons. The fraction of sp³-hybridized carbons (Fsp3) is 0.632. The van der Waals surface area contributed by atoms with Gasteiger partial charge in [0.05, 0.1) is 0 Å². The number of hydrogen-bond donors (Lipinski definition) is 1. The van der Waals surface area contributed by atoms with E-state index < -0.39 is 0 Å². The monoisotopic (exact) mass is 336 g/mol. The SMILES string of the molecule is CC(C1CC1)N(Cc1ccccc1)C(=O)CC1CCNCC1.Cl. The normalized spacial score (nSPS) is 19.7. The van der Waals surface area contributed by atoms with Gasteiger partial charge in [-0.25, -0.2) is 0 Å². The number of nitrogens with one attached hydrogen (secondary N) is 1. The molecule has 0 spiro atoms. The zero-order valence-corrected chi connectivity index (χ0v) is 14.9. The minimum Gasteiger partial charge on any atom is -0.335 e. The zero-order valence-electron chi connectivity index (χ0n) is 14.0. The second-order valence-corrected chi connectivity index (χ2v) is 6.98. The van der Waals surface area contributed by atoms with E-state index >= 15 is 0 Å². The number of amides is 1. The van der Waals surface area contributed by atoms with Crippen LogP contribution in [0.3, 0.4) is 0 Å². The van der Waals surface area contributed by atoms with E-state index in [2.05, 4.69) is 41.4 Å².